The minimum absolute atomic E-state index is 0.159. The van der Waals surface area contributed by atoms with Gasteiger partial charge in [0, 0.05) is 19.8 Å². The third-order valence-corrected chi connectivity index (χ3v) is 2.72. The van der Waals surface area contributed by atoms with Crippen LogP contribution >= 0.6 is 0 Å². The van der Waals surface area contributed by atoms with E-state index in [-0.39, 0.29) is 5.91 Å². The minimum atomic E-state index is -0.159. The van der Waals surface area contributed by atoms with Gasteiger partial charge in [0.25, 0.3) is 5.91 Å². The first-order valence-electron chi connectivity index (χ1n) is 5.86. The van der Waals surface area contributed by atoms with Crippen LogP contribution in [0.5, 0.6) is 0 Å². The minimum Gasteiger partial charge on any atom is -0.336 e. The monoisotopic (exact) mass is 251 g/mol. The van der Waals surface area contributed by atoms with Crippen LogP contribution in [-0.2, 0) is 6.54 Å². The summed E-state index contributed by atoms with van der Waals surface area (Å²) in [4.78, 5) is 17.7. The number of amides is 1. The third kappa shape index (κ3) is 3.17. The molecule has 1 amide bonds. The average Bonchev–Trinajstić information content (AvgIpc) is 2.47. The van der Waals surface area contributed by atoms with Crippen molar-refractivity contribution in [1.29, 1.82) is 5.26 Å². The normalized spacial score (nSPS) is 9.68. The summed E-state index contributed by atoms with van der Waals surface area (Å²) in [6.45, 7) is 0.529. The molecule has 0 bridgehead atoms. The molecule has 0 aliphatic heterocycles. The highest BCUT2D eigenvalue weighted by molar-refractivity contribution is 5.92. The van der Waals surface area contributed by atoms with Gasteiger partial charge >= 0.3 is 0 Å². The zero-order chi connectivity index (χ0) is 13.7. The van der Waals surface area contributed by atoms with Crippen molar-refractivity contribution in [2.75, 3.05) is 7.05 Å². The Balaban J connectivity index is 2.08. The maximum absolute atomic E-state index is 12.1. The fraction of sp³-hybridized carbons (Fsp3) is 0.133. The summed E-state index contributed by atoms with van der Waals surface area (Å²) >= 11 is 0. The number of pyridine rings is 1. The van der Waals surface area contributed by atoms with Gasteiger partial charge in [0.1, 0.15) is 11.8 Å². The molecule has 19 heavy (non-hydrogen) atoms. The lowest BCUT2D eigenvalue weighted by Gasteiger charge is -2.16. The van der Waals surface area contributed by atoms with Gasteiger partial charge in [0.05, 0.1) is 5.56 Å². The van der Waals surface area contributed by atoms with E-state index in [1.165, 1.54) is 6.20 Å². The van der Waals surface area contributed by atoms with Crippen LogP contribution in [0, 0.1) is 11.3 Å². The van der Waals surface area contributed by atoms with Gasteiger partial charge in [-0.25, -0.2) is 4.98 Å². The first kappa shape index (κ1) is 12.8. The Hall–Kier alpha value is -2.67. The highest BCUT2D eigenvalue weighted by Crippen LogP contribution is 2.07. The Morgan fingerprint density at radius 2 is 2.00 bits per heavy atom. The highest BCUT2D eigenvalue weighted by atomic mass is 16.2. The van der Waals surface area contributed by atoms with Crippen molar-refractivity contribution < 1.29 is 4.79 Å². The van der Waals surface area contributed by atoms with E-state index in [0.717, 1.165) is 5.56 Å². The molecule has 0 N–H and O–H groups in total. The molecular weight excluding hydrogens is 238 g/mol. The summed E-state index contributed by atoms with van der Waals surface area (Å²) in [6.07, 6.45) is 1.41. The van der Waals surface area contributed by atoms with Crippen LogP contribution in [0.3, 0.4) is 0 Å². The lowest BCUT2D eigenvalue weighted by molar-refractivity contribution is 0.0779. The number of hydrogen-bond donors (Lipinski definition) is 0. The number of rotatable bonds is 3. The average molecular weight is 251 g/mol. The molecule has 1 aromatic heterocycles. The molecule has 0 aliphatic rings. The van der Waals surface area contributed by atoms with Crippen LogP contribution in [-0.4, -0.2) is 22.8 Å². The largest absolute Gasteiger partial charge is 0.336 e. The van der Waals surface area contributed by atoms with Crippen LogP contribution in [0.15, 0.2) is 48.7 Å². The second-order valence-corrected chi connectivity index (χ2v) is 4.19. The summed E-state index contributed by atoms with van der Waals surface area (Å²) < 4.78 is 0. The molecule has 2 aromatic rings. The van der Waals surface area contributed by atoms with Crippen molar-refractivity contribution >= 4 is 5.91 Å². The van der Waals surface area contributed by atoms with Crippen molar-refractivity contribution in [3.63, 3.8) is 0 Å². The van der Waals surface area contributed by atoms with E-state index in [4.69, 9.17) is 5.26 Å². The summed E-state index contributed by atoms with van der Waals surface area (Å²) in [7, 11) is 1.73. The Bertz CT molecular complexity index is 600. The number of aromatic nitrogens is 1. The molecule has 1 aromatic carbocycles. The van der Waals surface area contributed by atoms with Gasteiger partial charge in [0.2, 0.25) is 0 Å². The molecule has 0 unspecified atom stereocenters. The van der Waals surface area contributed by atoms with Crippen LogP contribution < -0.4 is 0 Å². The lowest BCUT2D eigenvalue weighted by Crippen LogP contribution is -2.26. The number of nitrogens with zero attached hydrogens (tertiary/aromatic N) is 3. The Morgan fingerprint density at radius 1 is 1.26 bits per heavy atom. The van der Waals surface area contributed by atoms with Crippen molar-refractivity contribution in [2.45, 2.75) is 6.54 Å². The summed E-state index contributed by atoms with van der Waals surface area (Å²) in [5.74, 6) is -0.159. The van der Waals surface area contributed by atoms with Crippen LogP contribution in [0.1, 0.15) is 21.6 Å². The van der Waals surface area contributed by atoms with Gasteiger partial charge in [-0.2, -0.15) is 5.26 Å². The maximum Gasteiger partial charge on any atom is 0.272 e. The van der Waals surface area contributed by atoms with E-state index in [9.17, 15) is 4.79 Å². The lowest BCUT2D eigenvalue weighted by atomic mass is 10.2. The molecule has 4 nitrogen and oxygen atoms in total. The smallest absolute Gasteiger partial charge is 0.272 e. The third-order valence-electron chi connectivity index (χ3n) is 2.72. The number of hydrogen-bond acceptors (Lipinski definition) is 3. The Morgan fingerprint density at radius 3 is 2.58 bits per heavy atom. The zero-order valence-electron chi connectivity index (χ0n) is 10.6. The molecule has 94 valence electrons. The molecular formula is C15H13N3O. The first-order valence-corrected chi connectivity index (χ1v) is 5.86. The SMILES string of the molecule is CN(Cc1ccccc1)C(=O)c1ccc(C#N)cn1. The second kappa shape index (κ2) is 5.78. The van der Waals surface area contributed by atoms with Gasteiger partial charge in [-0.3, -0.25) is 4.79 Å². The predicted molar refractivity (Wildman–Crippen MR) is 71.2 cm³/mol. The molecule has 0 saturated carbocycles. The fourth-order valence-electron chi connectivity index (χ4n) is 1.71. The number of benzene rings is 1. The van der Waals surface area contributed by atoms with Crippen molar-refractivity contribution in [3.05, 3.63) is 65.5 Å². The van der Waals surface area contributed by atoms with Gasteiger partial charge in [-0.1, -0.05) is 30.3 Å². The number of carbonyl (C=O) groups excluding carboxylic acids is 1. The molecule has 0 aliphatic carbocycles. The zero-order valence-corrected chi connectivity index (χ0v) is 10.6. The van der Waals surface area contributed by atoms with Crippen molar-refractivity contribution in [2.24, 2.45) is 0 Å². The van der Waals surface area contributed by atoms with Gasteiger partial charge in [0.15, 0.2) is 0 Å². The van der Waals surface area contributed by atoms with Gasteiger partial charge in [-0.05, 0) is 17.7 Å². The van der Waals surface area contributed by atoms with Crippen LogP contribution in [0.25, 0.3) is 0 Å². The van der Waals surface area contributed by atoms with Crippen LogP contribution in [0.4, 0.5) is 0 Å². The quantitative estimate of drug-likeness (QED) is 0.840. The second-order valence-electron chi connectivity index (χ2n) is 4.19. The van der Waals surface area contributed by atoms with Crippen molar-refractivity contribution in [3.8, 4) is 6.07 Å². The molecule has 1 heterocycles. The van der Waals surface area contributed by atoms with Gasteiger partial charge < -0.3 is 4.90 Å². The fourth-order valence-corrected chi connectivity index (χ4v) is 1.71. The van der Waals surface area contributed by atoms with E-state index in [0.29, 0.717) is 17.8 Å². The predicted octanol–water partition coefficient (Wildman–Crippen LogP) is 2.23. The molecule has 0 saturated heterocycles. The van der Waals surface area contributed by atoms with E-state index in [1.54, 1.807) is 24.1 Å². The van der Waals surface area contributed by atoms with Gasteiger partial charge in [-0.15, -0.1) is 0 Å². The molecule has 0 spiro atoms. The Kier molecular flexibility index (Phi) is 3.89. The van der Waals surface area contributed by atoms with Crippen molar-refractivity contribution in [1.82, 2.24) is 9.88 Å². The summed E-state index contributed by atoms with van der Waals surface area (Å²) in [5, 5.41) is 8.69. The molecule has 2 rings (SSSR count). The Labute approximate surface area is 111 Å². The topological polar surface area (TPSA) is 57.0 Å². The molecule has 0 radical (unpaired) electrons. The number of nitriles is 1. The summed E-state index contributed by atoms with van der Waals surface area (Å²) in [5.41, 5.74) is 1.85. The molecule has 4 heteroatoms. The summed E-state index contributed by atoms with van der Waals surface area (Å²) in [6, 6.07) is 14.9. The van der Waals surface area contributed by atoms with E-state index >= 15 is 0 Å². The highest BCUT2D eigenvalue weighted by Gasteiger charge is 2.13. The molecule has 0 fully saturated rings. The maximum atomic E-state index is 12.1. The molecule has 0 atom stereocenters. The standard InChI is InChI=1S/C15H13N3O/c1-18(11-12-5-3-2-4-6-12)15(19)14-8-7-13(9-16)10-17-14/h2-8,10H,11H2,1H3. The van der Waals surface area contributed by atoms with E-state index in [1.807, 2.05) is 36.4 Å². The van der Waals surface area contributed by atoms with Crippen LogP contribution in [0.2, 0.25) is 0 Å². The van der Waals surface area contributed by atoms with E-state index < -0.39 is 0 Å². The first-order chi connectivity index (χ1) is 9.20. The van der Waals surface area contributed by atoms with E-state index in [2.05, 4.69) is 4.98 Å². The number of carbonyl (C=O) groups is 1.